The maximum Gasteiger partial charge on any atom is 0.320 e. The van der Waals surface area contributed by atoms with Crippen LogP contribution in [-0.2, 0) is 13.0 Å². The third-order valence-electron chi connectivity index (χ3n) is 3.30. The summed E-state index contributed by atoms with van der Waals surface area (Å²) in [4.78, 5) is 20.2. The summed E-state index contributed by atoms with van der Waals surface area (Å²) in [6.45, 7) is 2.61. The number of fused-ring (bicyclic) bond motifs is 1. The van der Waals surface area contributed by atoms with Gasteiger partial charge < -0.3 is 5.32 Å². The Kier molecular flexibility index (Phi) is 3.32. The number of urea groups is 1. The van der Waals surface area contributed by atoms with Crippen molar-refractivity contribution >= 4 is 11.8 Å². The highest BCUT2D eigenvalue weighted by atomic mass is 16.2. The fraction of sp³-hybridized carbons (Fsp3) is 0.385. The van der Waals surface area contributed by atoms with Gasteiger partial charge in [0.1, 0.15) is 18.0 Å². The molecule has 1 unspecified atom stereocenters. The number of rotatable bonds is 2. The van der Waals surface area contributed by atoms with E-state index in [0.717, 1.165) is 24.2 Å². The number of nitrogens with zero attached hydrogens (tertiary/aromatic N) is 4. The van der Waals surface area contributed by atoms with E-state index in [2.05, 4.69) is 25.7 Å². The molecule has 20 heavy (non-hydrogen) atoms. The summed E-state index contributed by atoms with van der Waals surface area (Å²) >= 11 is 0. The summed E-state index contributed by atoms with van der Waals surface area (Å²) < 4.78 is 1.83. The summed E-state index contributed by atoms with van der Waals surface area (Å²) in [5, 5.41) is 9.81. The molecule has 2 aromatic rings. The maximum atomic E-state index is 11.9. The molecule has 3 heterocycles. The molecule has 1 aliphatic heterocycles. The Morgan fingerprint density at radius 3 is 3.20 bits per heavy atom. The van der Waals surface area contributed by atoms with Crippen molar-refractivity contribution < 1.29 is 4.79 Å². The Balaban J connectivity index is 1.57. The minimum Gasteiger partial charge on any atom is -0.333 e. The Hall–Kier alpha value is -2.44. The molecular weight excluding hydrogens is 256 g/mol. The highest BCUT2D eigenvalue weighted by molar-refractivity contribution is 5.88. The molecule has 0 radical (unpaired) electrons. The first-order valence-electron chi connectivity index (χ1n) is 6.57. The monoisotopic (exact) mass is 272 g/mol. The van der Waals surface area contributed by atoms with E-state index >= 15 is 0 Å². The number of aromatic nitrogens is 4. The Morgan fingerprint density at radius 1 is 1.45 bits per heavy atom. The molecule has 0 saturated carbocycles. The second kappa shape index (κ2) is 5.28. The summed E-state index contributed by atoms with van der Waals surface area (Å²) in [6, 6.07) is 3.54. The van der Waals surface area contributed by atoms with Gasteiger partial charge in [0.15, 0.2) is 0 Å². The first-order valence-corrected chi connectivity index (χ1v) is 6.57. The van der Waals surface area contributed by atoms with Crippen molar-refractivity contribution in [1.82, 2.24) is 25.1 Å². The molecule has 0 bridgehead atoms. The lowest BCUT2D eigenvalue weighted by molar-refractivity contribution is 0.243. The van der Waals surface area contributed by atoms with Crippen LogP contribution in [0.3, 0.4) is 0 Å². The molecule has 2 amide bonds. The number of pyridine rings is 1. The Bertz CT molecular complexity index is 623. The largest absolute Gasteiger partial charge is 0.333 e. The molecule has 0 aromatic carbocycles. The van der Waals surface area contributed by atoms with Gasteiger partial charge in [0.2, 0.25) is 0 Å². The van der Waals surface area contributed by atoms with Crippen molar-refractivity contribution in [2.24, 2.45) is 0 Å². The average Bonchev–Trinajstić information content (AvgIpc) is 2.86. The molecule has 1 aliphatic rings. The van der Waals surface area contributed by atoms with E-state index in [1.807, 2.05) is 23.7 Å². The first kappa shape index (κ1) is 12.6. The van der Waals surface area contributed by atoms with Crippen molar-refractivity contribution in [3.63, 3.8) is 0 Å². The van der Waals surface area contributed by atoms with E-state index in [4.69, 9.17) is 0 Å². The van der Waals surface area contributed by atoms with Crippen LogP contribution < -0.4 is 10.6 Å². The highest BCUT2D eigenvalue weighted by Crippen LogP contribution is 2.11. The fourth-order valence-corrected chi connectivity index (χ4v) is 2.30. The second-order valence-electron chi connectivity index (χ2n) is 4.91. The summed E-state index contributed by atoms with van der Waals surface area (Å²) in [6.07, 6.45) is 4.92. The van der Waals surface area contributed by atoms with Gasteiger partial charge in [-0.15, -0.1) is 0 Å². The first-order chi connectivity index (χ1) is 9.70. The molecule has 7 heteroatoms. The minimum atomic E-state index is -0.239. The lowest BCUT2D eigenvalue weighted by atomic mass is 10.1. The Morgan fingerprint density at radius 2 is 2.35 bits per heavy atom. The fourth-order valence-electron chi connectivity index (χ4n) is 2.30. The molecule has 0 aliphatic carbocycles. The minimum absolute atomic E-state index is 0.0639. The van der Waals surface area contributed by atoms with Gasteiger partial charge in [-0.05, 0) is 31.0 Å². The quantitative estimate of drug-likeness (QED) is 0.858. The summed E-state index contributed by atoms with van der Waals surface area (Å²) in [5.74, 6) is 1.53. The molecule has 0 fully saturated rings. The van der Waals surface area contributed by atoms with Crippen LogP contribution in [0, 0.1) is 6.92 Å². The molecule has 2 N–H and O–H groups in total. The van der Waals surface area contributed by atoms with Crippen LogP contribution in [0.2, 0.25) is 0 Å². The zero-order valence-corrected chi connectivity index (χ0v) is 11.2. The van der Waals surface area contributed by atoms with Crippen LogP contribution in [0.25, 0.3) is 0 Å². The molecule has 104 valence electrons. The van der Waals surface area contributed by atoms with E-state index in [9.17, 15) is 4.79 Å². The van der Waals surface area contributed by atoms with Crippen LogP contribution in [0.15, 0.2) is 24.7 Å². The zero-order valence-electron chi connectivity index (χ0n) is 11.2. The zero-order chi connectivity index (χ0) is 13.9. The molecule has 0 saturated heterocycles. The molecule has 2 aromatic heterocycles. The second-order valence-corrected chi connectivity index (χ2v) is 4.91. The van der Waals surface area contributed by atoms with Gasteiger partial charge in [0.05, 0.1) is 12.6 Å². The van der Waals surface area contributed by atoms with Crippen LogP contribution >= 0.6 is 0 Å². The van der Waals surface area contributed by atoms with Gasteiger partial charge in [-0.25, -0.2) is 19.4 Å². The van der Waals surface area contributed by atoms with Crippen LogP contribution in [0.5, 0.6) is 0 Å². The average molecular weight is 272 g/mol. The van der Waals surface area contributed by atoms with Crippen molar-refractivity contribution in [2.75, 3.05) is 5.32 Å². The number of amides is 2. The van der Waals surface area contributed by atoms with E-state index in [-0.39, 0.29) is 12.1 Å². The SMILES string of the molecule is Cc1ccnc(NC(=O)NC2CCc3ncnn3C2)c1. The number of aryl methyl sites for hydroxylation is 2. The number of hydrogen-bond donors (Lipinski definition) is 2. The number of carbonyl (C=O) groups is 1. The molecular formula is C13H16N6O. The molecule has 0 spiro atoms. The van der Waals surface area contributed by atoms with E-state index in [1.54, 1.807) is 12.5 Å². The normalized spacial score (nSPS) is 17.4. The van der Waals surface area contributed by atoms with Crippen molar-refractivity contribution in [2.45, 2.75) is 32.4 Å². The van der Waals surface area contributed by atoms with Crippen molar-refractivity contribution in [1.29, 1.82) is 0 Å². The molecule has 3 rings (SSSR count). The van der Waals surface area contributed by atoms with Crippen molar-refractivity contribution in [3.8, 4) is 0 Å². The highest BCUT2D eigenvalue weighted by Gasteiger charge is 2.21. The van der Waals surface area contributed by atoms with E-state index < -0.39 is 0 Å². The maximum absolute atomic E-state index is 11.9. The van der Waals surface area contributed by atoms with Gasteiger partial charge in [-0.2, -0.15) is 5.10 Å². The number of nitrogens with one attached hydrogen (secondary N) is 2. The van der Waals surface area contributed by atoms with Gasteiger partial charge >= 0.3 is 6.03 Å². The topological polar surface area (TPSA) is 84.7 Å². The summed E-state index contributed by atoms with van der Waals surface area (Å²) in [5.41, 5.74) is 1.06. The molecule has 1 atom stereocenters. The number of carbonyl (C=O) groups excluding carboxylic acids is 1. The Labute approximate surface area is 116 Å². The van der Waals surface area contributed by atoms with Gasteiger partial charge in [-0.1, -0.05) is 0 Å². The lowest BCUT2D eigenvalue weighted by Gasteiger charge is -2.23. The van der Waals surface area contributed by atoms with E-state index in [0.29, 0.717) is 12.4 Å². The van der Waals surface area contributed by atoms with Gasteiger partial charge in [-0.3, -0.25) is 5.32 Å². The number of hydrogen-bond acceptors (Lipinski definition) is 4. The van der Waals surface area contributed by atoms with E-state index in [1.165, 1.54) is 0 Å². The number of anilines is 1. The van der Waals surface area contributed by atoms with Crippen LogP contribution in [-0.4, -0.2) is 31.8 Å². The van der Waals surface area contributed by atoms with Crippen molar-refractivity contribution in [3.05, 3.63) is 36.0 Å². The standard InChI is InChI=1S/C13H16N6O/c1-9-4-5-14-11(6-9)18-13(20)17-10-2-3-12-15-8-16-19(12)7-10/h4-6,8,10H,2-3,7H2,1H3,(H2,14,17,18,20). The summed E-state index contributed by atoms with van der Waals surface area (Å²) in [7, 11) is 0. The predicted molar refractivity (Wildman–Crippen MR) is 73.3 cm³/mol. The van der Waals surface area contributed by atoms with Crippen LogP contribution in [0.1, 0.15) is 17.8 Å². The third-order valence-corrected chi connectivity index (χ3v) is 3.30. The van der Waals surface area contributed by atoms with Gasteiger partial charge in [0, 0.05) is 12.6 Å². The van der Waals surface area contributed by atoms with Crippen LogP contribution in [0.4, 0.5) is 10.6 Å². The third kappa shape index (κ3) is 2.76. The molecule has 7 nitrogen and oxygen atoms in total. The predicted octanol–water partition coefficient (Wildman–Crippen LogP) is 1.12. The lowest BCUT2D eigenvalue weighted by Crippen LogP contribution is -2.43. The smallest absolute Gasteiger partial charge is 0.320 e. The van der Waals surface area contributed by atoms with Gasteiger partial charge in [0.25, 0.3) is 0 Å².